The first-order valence-corrected chi connectivity index (χ1v) is 7.34. The summed E-state index contributed by atoms with van der Waals surface area (Å²) in [5.74, 6) is 0.322. The van der Waals surface area contributed by atoms with E-state index in [0.29, 0.717) is 44.1 Å². The lowest BCUT2D eigenvalue weighted by atomic mass is 10.1. The molecule has 0 aliphatic carbocycles. The summed E-state index contributed by atoms with van der Waals surface area (Å²) in [6, 6.07) is 6.55. The molecule has 0 bridgehead atoms. The third kappa shape index (κ3) is 3.74. The van der Waals surface area contributed by atoms with Crippen molar-refractivity contribution in [3.63, 3.8) is 0 Å². The molecule has 1 fully saturated rings. The van der Waals surface area contributed by atoms with E-state index in [4.69, 9.17) is 0 Å². The van der Waals surface area contributed by atoms with E-state index < -0.39 is 0 Å². The Kier molecular flexibility index (Phi) is 4.83. The number of nitrogens with zero attached hydrogens (tertiary/aromatic N) is 2. The number of para-hydroxylation sites is 1. The minimum Gasteiger partial charge on any atom is -0.507 e. The van der Waals surface area contributed by atoms with Crippen molar-refractivity contribution in [1.82, 2.24) is 9.80 Å². The number of hydrogen-bond acceptors (Lipinski definition) is 3. The van der Waals surface area contributed by atoms with E-state index in [1.54, 1.807) is 23.1 Å². The summed E-state index contributed by atoms with van der Waals surface area (Å²) in [5.41, 5.74) is 0.319. The predicted molar refractivity (Wildman–Crippen MR) is 80.0 cm³/mol. The molecule has 0 spiro atoms. The van der Waals surface area contributed by atoms with Gasteiger partial charge < -0.3 is 14.9 Å². The summed E-state index contributed by atoms with van der Waals surface area (Å²) in [5, 5.41) is 9.74. The summed E-state index contributed by atoms with van der Waals surface area (Å²) in [6.07, 6.45) is 0.549. The van der Waals surface area contributed by atoms with E-state index in [1.165, 1.54) is 6.07 Å². The molecular formula is C16H22N2O3. The van der Waals surface area contributed by atoms with Crippen LogP contribution < -0.4 is 0 Å². The number of phenols is 1. The summed E-state index contributed by atoms with van der Waals surface area (Å²) in [4.78, 5) is 27.8. The van der Waals surface area contributed by atoms with Crippen LogP contribution in [0, 0.1) is 5.92 Å². The van der Waals surface area contributed by atoms with E-state index in [0.717, 1.165) is 0 Å². The highest BCUT2D eigenvalue weighted by atomic mass is 16.3. The molecule has 5 heteroatoms. The van der Waals surface area contributed by atoms with E-state index in [9.17, 15) is 14.7 Å². The molecule has 2 amide bonds. The van der Waals surface area contributed by atoms with Crippen molar-refractivity contribution in [2.45, 2.75) is 20.3 Å². The fourth-order valence-corrected chi connectivity index (χ4v) is 2.46. The molecule has 1 N–H and O–H groups in total. The van der Waals surface area contributed by atoms with Gasteiger partial charge in [-0.15, -0.1) is 0 Å². The van der Waals surface area contributed by atoms with Crippen molar-refractivity contribution < 1.29 is 14.7 Å². The molecule has 1 aliphatic rings. The van der Waals surface area contributed by atoms with Crippen LogP contribution in [0.15, 0.2) is 24.3 Å². The van der Waals surface area contributed by atoms with Crippen LogP contribution in [0.25, 0.3) is 0 Å². The van der Waals surface area contributed by atoms with Gasteiger partial charge in [0.15, 0.2) is 0 Å². The molecule has 0 unspecified atom stereocenters. The number of phenolic OH excluding ortho intramolecular Hbond substituents is 1. The topological polar surface area (TPSA) is 60.9 Å². The third-order valence-electron chi connectivity index (χ3n) is 3.64. The molecule has 114 valence electrons. The summed E-state index contributed by atoms with van der Waals surface area (Å²) in [7, 11) is 0. The van der Waals surface area contributed by atoms with Gasteiger partial charge in [0.1, 0.15) is 5.75 Å². The number of piperazine rings is 1. The van der Waals surface area contributed by atoms with Crippen LogP contribution >= 0.6 is 0 Å². The van der Waals surface area contributed by atoms with E-state index in [1.807, 2.05) is 18.7 Å². The highest BCUT2D eigenvalue weighted by molar-refractivity contribution is 5.97. The van der Waals surface area contributed by atoms with Crippen LogP contribution in [0.2, 0.25) is 0 Å². The molecule has 0 atom stereocenters. The van der Waals surface area contributed by atoms with Gasteiger partial charge in [-0.1, -0.05) is 26.0 Å². The summed E-state index contributed by atoms with van der Waals surface area (Å²) in [6.45, 7) is 6.19. The Morgan fingerprint density at radius 3 is 2.24 bits per heavy atom. The number of amides is 2. The zero-order valence-corrected chi connectivity index (χ0v) is 12.6. The van der Waals surface area contributed by atoms with Gasteiger partial charge in [0.05, 0.1) is 5.56 Å². The normalized spacial score (nSPS) is 15.4. The largest absolute Gasteiger partial charge is 0.507 e. The van der Waals surface area contributed by atoms with Crippen LogP contribution in [0.4, 0.5) is 0 Å². The average Bonchev–Trinajstić information content (AvgIpc) is 2.46. The maximum Gasteiger partial charge on any atom is 0.257 e. The molecule has 1 heterocycles. The van der Waals surface area contributed by atoms with Crippen molar-refractivity contribution in [2.75, 3.05) is 26.2 Å². The second-order valence-electron chi connectivity index (χ2n) is 5.79. The molecule has 1 aromatic rings. The predicted octanol–water partition coefficient (Wildman–Crippen LogP) is 1.72. The summed E-state index contributed by atoms with van der Waals surface area (Å²) < 4.78 is 0. The van der Waals surface area contributed by atoms with Gasteiger partial charge in [0, 0.05) is 32.6 Å². The van der Waals surface area contributed by atoms with E-state index in [2.05, 4.69) is 0 Å². The quantitative estimate of drug-likeness (QED) is 0.922. The van der Waals surface area contributed by atoms with Crippen molar-refractivity contribution in [3.05, 3.63) is 29.8 Å². The Bertz CT molecular complexity index is 520. The number of rotatable bonds is 3. The lowest BCUT2D eigenvalue weighted by molar-refractivity contribution is -0.133. The number of carbonyl (C=O) groups is 2. The molecule has 1 aliphatic heterocycles. The van der Waals surface area contributed by atoms with Crippen molar-refractivity contribution in [1.29, 1.82) is 0 Å². The molecule has 2 rings (SSSR count). The second kappa shape index (κ2) is 6.61. The minimum absolute atomic E-state index is 0.000753. The third-order valence-corrected chi connectivity index (χ3v) is 3.64. The maximum absolute atomic E-state index is 12.3. The van der Waals surface area contributed by atoms with Gasteiger partial charge in [-0.3, -0.25) is 9.59 Å². The first kappa shape index (κ1) is 15.4. The summed E-state index contributed by atoms with van der Waals surface area (Å²) >= 11 is 0. The van der Waals surface area contributed by atoms with Gasteiger partial charge in [-0.25, -0.2) is 0 Å². The fraction of sp³-hybridized carbons (Fsp3) is 0.500. The maximum atomic E-state index is 12.3. The fourth-order valence-electron chi connectivity index (χ4n) is 2.46. The van der Waals surface area contributed by atoms with Crippen molar-refractivity contribution in [3.8, 4) is 5.75 Å². The lowest BCUT2D eigenvalue weighted by Crippen LogP contribution is -2.50. The van der Waals surface area contributed by atoms with Crippen LogP contribution in [-0.2, 0) is 4.79 Å². The van der Waals surface area contributed by atoms with Crippen LogP contribution in [0.5, 0.6) is 5.75 Å². The second-order valence-corrected chi connectivity index (χ2v) is 5.79. The number of aromatic hydroxyl groups is 1. The zero-order valence-electron chi connectivity index (χ0n) is 12.6. The van der Waals surface area contributed by atoms with Crippen molar-refractivity contribution >= 4 is 11.8 Å². The Hall–Kier alpha value is -2.04. The molecule has 21 heavy (non-hydrogen) atoms. The number of hydrogen-bond donors (Lipinski definition) is 1. The lowest BCUT2D eigenvalue weighted by Gasteiger charge is -2.35. The monoisotopic (exact) mass is 290 g/mol. The number of carbonyl (C=O) groups excluding carboxylic acids is 2. The van der Waals surface area contributed by atoms with Gasteiger partial charge >= 0.3 is 0 Å². The molecule has 1 saturated heterocycles. The molecule has 5 nitrogen and oxygen atoms in total. The smallest absolute Gasteiger partial charge is 0.257 e. The highest BCUT2D eigenvalue weighted by Crippen LogP contribution is 2.19. The van der Waals surface area contributed by atoms with E-state index in [-0.39, 0.29) is 17.6 Å². The van der Waals surface area contributed by atoms with Gasteiger partial charge in [-0.05, 0) is 18.1 Å². The zero-order chi connectivity index (χ0) is 15.4. The molecular weight excluding hydrogens is 268 g/mol. The van der Waals surface area contributed by atoms with Gasteiger partial charge in [0.25, 0.3) is 5.91 Å². The number of benzene rings is 1. The van der Waals surface area contributed by atoms with Crippen molar-refractivity contribution in [2.24, 2.45) is 5.92 Å². The Balaban J connectivity index is 1.94. The van der Waals surface area contributed by atoms with Gasteiger partial charge in [-0.2, -0.15) is 0 Å². The van der Waals surface area contributed by atoms with Crippen LogP contribution in [0.3, 0.4) is 0 Å². The Morgan fingerprint density at radius 1 is 1.10 bits per heavy atom. The van der Waals surface area contributed by atoms with Crippen LogP contribution in [-0.4, -0.2) is 52.9 Å². The Morgan fingerprint density at radius 2 is 1.67 bits per heavy atom. The van der Waals surface area contributed by atoms with Crippen LogP contribution in [0.1, 0.15) is 30.6 Å². The van der Waals surface area contributed by atoms with E-state index >= 15 is 0 Å². The molecule has 0 saturated carbocycles. The minimum atomic E-state index is -0.177. The highest BCUT2D eigenvalue weighted by Gasteiger charge is 2.26. The SMILES string of the molecule is CC(C)CC(=O)N1CCN(C(=O)c2ccccc2O)CC1. The first-order valence-electron chi connectivity index (χ1n) is 7.34. The van der Waals surface area contributed by atoms with Gasteiger partial charge in [0.2, 0.25) is 5.91 Å². The Labute approximate surface area is 125 Å². The standard InChI is InChI=1S/C16H22N2O3/c1-12(2)11-15(20)17-7-9-18(10-8-17)16(21)13-5-3-4-6-14(13)19/h3-6,12,19H,7-11H2,1-2H3. The molecule has 0 aromatic heterocycles. The first-order chi connectivity index (χ1) is 9.99. The molecule has 1 aromatic carbocycles. The average molecular weight is 290 g/mol. The molecule has 0 radical (unpaired) electrons.